The predicted molar refractivity (Wildman–Crippen MR) is 82.6 cm³/mol. The average Bonchev–Trinajstić information content (AvgIpc) is 2.77. The van der Waals surface area contributed by atoms with Gasteiger partial charge < -0.3 is 14.6 Å². The van der Waals surface area contributed by atoms with Crippen molar-refractivity contribution >= 4 is 16.7 Å². The number of imidazole rings is 1. The van der Waals surface area contributed by atoms with Crippen molar-refractivity contribution in [1.82, 2.24) is 9.55 Å². The van der Waals surface area contributed by atoms with E-state index in [1.165, 1.54) is 0 Å². The third-order valence-corrected chi connectivity index (χ3v) is 4.89. The van der Waals surface area contributed by atoms with E-state index in [0.29, 0.717) is 6.04 Å². The molecule has 0 aliphatic carbocycles. The number of ether oxygens (including phenoxy) is 1. The Kier molecular flexibility index (Phi) is 6.04. The van der Waals surface area contributed by atoms with Gasteiger partial charge >= 0.3 is 0 Å². The fourth-order valence-corrected chi connectivity index (χ4v) is 3.73. The predicted octanol–water partition coefficient (Wildman–Crippen LogP) is 1.94. The molecule has 2 rings (SSSR count). The minimum atomic E-state index is -0.610. The number of aromatic nitrogens is 2. The first kappa shape index (κ1) is 15.5. The second-order valence-electron chi connectivity index (χ2n) is 5.22. The molecule has 0 saturated carbocycles. The van der Waals surface area contributed by atoms with Crippen molar-refractivity contribution < 1.29 is 8.95 Å². The SMILES string of the molecule is CCOCCCn1cc(C)nc1NC1CCS(=O)CC1. The molecule has 1 aliphatic rings. The summed E-state index contributed by atoms with van der Waals surface area (Å²) in [6, 6.07) is 0.403. The number of nitrogens with zero attached hydrogens (tertiary/aromatic N) is 2. The van der Waals surface area contributed by atoms with Crippen molar-refractivity contribution in [1.29, 1.82) is 0 Å². The second-order valence-corrected chi connectivity index (χ2v) is 6.91. The summed E-state index contributed by atoms with van der Waals surface area (Å²) in [7, 11) is -0.610. The monoisotopic (exact) mass is 299 g/mol. The summed E-state index contributed by atoms with van der Waals surface area (Å²) in [5.41, 5.74) is 1.03. The molecule has 1 aliphatic heterocycles. The van der Waals surface area contributed by atoms with Crippen LogP contribution in [0.1, 0.15) is 31.9 Å². The highest BCUT2D eigenvalue weighted by molar-refractivity contribution is 7.85. The maximum Gasteiger partial charge on any atom is 0.203 e. The molecule has 1 fully saturated rings. The van der Waals surface area contributed by atoms with Gasteiger partial charge in [0, 0.05) is 54.3 Å². The molecule has 1 saturated heterocycles. The van der Waals surface area contributed by atoms with Gasteiger partial charge in [-0.1, -0.05) is 0 Å². The third kappa shape index (κ3) is 4.59. The van der Waals surface area contributed by atoms with Crippen molar-refractivity contribution in [2.75, 3.05) is 30.0 Å². The van der Waals surface area contributed by atoms with Gasteiger partial charge in [-0.2, -0.15) is 0 Å². The highest BCUT2D eigenvalue weighted by Crippen LogP contribution is 2.16. The highest BCUT2D eigenvalue weighted by atomic mass is 32.2. The Bertz CT molecular complexity index is 438. The Labute approximate surface area is 123 Å². The smallest absolute Gasteiger partial charge is 0.203 e. The molecule has 0 aromatic carbocycles. The summed E-state index contributed by atoms with van der Waals surface area (Å²) in [4.78, 5) is 4.56. The van der Waals surface area contributed by atoms with Gasteiger partial charge in [0.1, 0.15) is 0 Å². The van der Waals surface area contributed by atoms with Crippen LogP contribution in [0, 0.1) is 6.92 Å². The molecule has 20 heavy (non-hydrogen) atoms. The first-order valence-electron chi connectivity index (χ1n) is 7.42. The Hall–Kier alpha value is -0.880. The lowest BCUT2D eigenvalue weighted by Gasteiger charge is -2.23. The summed E-state index contributed by atoms with van der Waals surface area (Å²) < 4.78 is 18.9. The molecule has 0 bridgehead atoms. The lowest BCUT2D eigenvalue weighted by atomic mass is 10.2. The first-order valence-corrected chi connectivity index (χ1v) is 8.91. The Morgan fingerprint density at radius 1 is 1.50 bits per heavy atom. The summed E-state index contributed by atoms with van der Waals surface area (Å²) in [6.07, 6.45) is 5.01. The van der Waals surface area contributed by atoms with E-state index in [1.807, 2.05) is 13.8 Å². The van der Waals surface area contributed by atoms with Crippen LogP contribution in [0.25, 0.3) is 0 Å². The van der Waals surface area contributed by atoms with E-state index in [2.05, 4.69) is 21.1 Å². The van der Waals surface area contributed by atoms with Gasteiger partial charge in [0.2, 0.25) is 5.95 Å². The zero-order valence-corrected chi connectivity index (χ0v) is 13.2. The van der Waals surface area contributed by atoms with Gasteiger partial charge in [-0.15, -0.1) is 0 Å². The third-order valence-electron chi connectivity index (χ3n) is 3.51. The summed E-state index contributed by atoms with van der Waals surface area (Å²) in [6.45, 7) is 6.51. The largest absolute Gasteiger partial charge is 0.382 e. The molecule has 1 aromatic heterocycles. The van der Waals surface area contributed by atoms with E-state index in [-0.39, 0.29) is 0 Å². The standard InChI is InChI=1S/C14H25N3O2S/c1-3-19-8-4-7-17-11-12(2)15-14(17)16-13-5-9-20(18)10-6-13/h11,13H,3-10H2,1-2H3,(H,15,16). The number of hydrogen-bond acceptors (Lipinski definition) is 4. The zero-order chi connectivity index (χ0) is 14.4. The maximum atomic E-state index is 11.4. The Balaban J connectivity index is 1.88. The van der Waals surface area contributed by atoms with E-state index < -0.39 is 10.8 Å². The summed E-state index contributed by atoms with van der Waals surface area (Å²) in [5, 5.41) is 3.51. The molecule has 0 spiro atoms. The quantitative estimate of drug-likeness (QED) is 0.782. The van der Waals surface area contributed by atoms with Crippen LogP contribution in [0.15, 0.2) is 6.20 Å². The number of anilines is 1. The van der Waals surface area contributed by atoms with E-state index in [9.17, 15) is 4.21 Å². The first-order chi connectivity index (χ1) is 9.69. The normalized spacial score (nSPS) is 22.9. The molecule has 0 atom stereocenters. The van der Waals surface area contributed by atoms with Gasteiger partial charge in [0.25, 0.3) is 0 Å². The zero-order valence-electron chi connectivity index (χ0n) is 12.4. The van der Waals surface area contributed by atoms with Gasteiger partial charge in [-0.25, -0.2) is 4.98 Å². The van der Waals surface area contributed by atoms with Crippen molar-refractivity contribution in [2.45, 2.75) is 45.7 Å². The number of hydrogen-bond donors (Lipinski definition) is 1. The van der Waals surface area contributed by atoms with Crippen LogP contribution in [-0.4, -0.2) is 44.5 Å². The molecule has 0 radical (unpaired) electrons. The van der Waals surface area contributed by atoms with Crippen molar-refractivity contribution in [3.8, 4) is 0 Å². The van der Waals surface area contributed by atoms with E-state index in [1.54, 1.807) is 0 Å². The molecule has 5 nitrogen and oxygen atoms in total. The van der Waals surface area contributed by atoms with Gasteiger partial charge in [0.15, 0.2) is 0 Å². The molecule has 0 amide bonds. The van der Waals surface area contributed by atoms with Crippen LogP contribution in [0.3, 0.4) is 0 Å². The van der Waals surface area contributed by atoms with Gasteiger partial charge in [0.05, 0.1) is 5.69 Å². The molecule has 6 heteroatoms. The van der Waals surface area contributed by atoms with Crippen LogP contribution < -0.4 is 5.32 Å². The highest BCUT2D eigenvalue weighted by Gasteiger charge is 2.19. The molecule has 1 N–H and O–H groups in total. The molecule has 0 unspecified atom stereocenters. The molecule has 2 heterocycles. The van der Waals surface area contributed by atoms with Gasteiger partial charge in [-0.05, 0) is 33.1 Å². The van der Waals surface area contributed by atoms with Crippen molar-refractivity contribution in [3.05, 3.63) is 11.9 Å². The van der Waals surface area contributed by atoms with Crippen LogP contribution in [0.5, 0.6) is 0 Å². The number of nitrogens with one attached hydrogen (secondary N) is 1. The lowest BCUT2D eigenvalue weighted by Crippen LogP contribution is -2.30. The lowest BCUT2D eigenvalue weighted by molar-refractivity contribution is 0.142. The van der Waals surface area contributed by atoms with Crippen LogP contribution in [0.4, 0.5) is 5.95 Å². The second kappa shape index (κ2) is 7.78. The minimum Gasteiger partial charge on any atom is -0.382 e. The average molecular weight is 299 g/mol. The Morgan fingerprint density at radius 2 is 2.25 bits per heavy atom. The molecule has 114 valence electrons. The van der Waals surface area contributed by atoms with Gasteiger partial charge in [-0.3, -0.25) is 4.21 Å². The number of aryl methyl sites for hydroxylation is 2. The fourth-order valence-electron chi connectivity index (χ4n) is 2.43. The van der Waals surface area contributed by atoms with E-state index >= 15 is 0 Å². The number of rotatable bonds is 7. The van der Waals surface area contributed by atoms with Crippen LogP contribution in [0.2, 0.25) is 0 Å². The minimum absolute atomic E-state index is 0.403. The van der Waals surface area contributed by atoms with Crippen LogP contribution in [-0.2, 0) is 22.1 Å². The summed E-state index contributed by atoms with van der Waals surface area (Å²) >= 11 is 0. The summed E-state index contributed by atoms with van der Waals surface area (Å²) in [5.74, 6) is 2.56. The molecular weight excluding hydrogens is 274 g/mol. The van der Waals surface area contributed by atoms with E-state index in [4.69, 9.17) is 4.74 Å². The van der Waals surface area contributed by atoms with Crippen molar-refractivity contribution in [3.63, 3.8) is 0 Å². The van der Waals surface area contributed by atoms with E-state index in [0.717, 1.165) is 62.2 Å². The van der Waals surface area contributed by atoms with Crippen molar-refractivity contribution in [2.24, 2.45) is 0 Å². The van der Waals surface area contributed by atoms with Crippen LogP contribution >= 0.6 is 0 Å². The maximum absolute atomic E-state index is 11.4. The molecule has 1 aromatic rings. The Morgan fingerprint density at radius 3 is 2.95 bits per heavy atom. The fraction of sp³-hybridized carbons (Fsp3) is 0.786. The topological polar surface area (TPSA) is 56.1 Å². The molecular formula is C14H25N3O2S.